The summed E-state index contributed by atoms with van der Waals surface area (Å²) >= 11 is 0. The third-order valence-corrected chi connectivity index (χ3v) is 3.17. The van der Waals surface area contributed by atoms with Gasteiger partial charge in [-0.2, -0.15) is 8.42 Å². The molecule has 0 spiro atoms. The Morgan fingerprint density at radius 2 is 1.84 bits per heavy atom. The first-order valence-electron chi connectivity index (χ1n) is 6.30. The molecule has 0 fully saturated rings. The van der Waals surface area contributed by atoms with Crippen molar-refractivity contribution in [2.75, 3.05) is 12.9 Å². The number of ether oxygens (including phenoxy) is 1. The average molecular weight is 290 g/mol. The molecule has 0 aromatic carbocycles. The monoisotopic (exact) mass is 290 g/mol. The molecule has 0 aromatic rings. The molecule has 0 heterocycles. The molecule has 0 N–H and O–H groups in total. The minimum atomic E-state index is -3.40. The van der Waals surface area contributed by atoms with Crippen molar-refractivity contribution in [3.63, 3.8) is 0 Å². The number of carbonyl (C=O) groups is 1. The smallest absolute Gasteiger partial charge is 0.306 e. The van der Waals surface area contributed by atoms with Gasteiger partial charge in [0.25, 0.3) is 10.1 Å². The maximum atomic E-state index is 11.7. The van der Waals surface area contributed by atoms with E-state index >= 15 is 0 Å². The molecule has 2 unspecified atom stereocenters. The van der Waals surface area contributed by atoms with Crippen LogP contribution in [0.5, 0.6) is 0 Å². The van der Waals surface area contributed by atoms with Gasteiger partial charge in [0.15, 0.2) is 0 Å². The van der Waals surface area contributed by atoms with E-state index in [2.05, 4.69) is 0 Å². The molecule has 0 saturated heterocycles. The first kappa shape index (κ1) is 16.2. The van der Waals surface area contributed by atoms with Gasteiger partial charge in [0.2, 0.25) is 0 Å². The van der Waals surface area contributed by atoms with Crippen molar-refractivity contribution < 1.29 is 22.1 Å². The van der Waals surface area contributed by atoms with Gasteiger partial charge in [0, 0.05) is 5.92 Å². The van der Waals surface area contributed by atoms with Gasteiger partial charge < -0.3 is 4.74 Å². The van der Waals surface area contributed by atoms with Crippen molar-refractivity contribution in [3.05, 3.63) is 12.2 Å². The van der Waals surface area contributed by atoms with Crippen LogP contribution < -0.4 is 0 Å². The number of allylic oxidation sites excluding steroid dienone is 1. The van der Waals surface area contributed by atoms with Crippen LogP contribution in [0.4, 0.5) is 0 Å². The highest BCUT2D eigenvalue weighted by atomic mass is 32.2. The second-order valence-electron chi connectivity index (χ2n) is 5.92. The fraction of sp³-hybridized carbons (Fsp3) is 0.769. The Kier molecular flexibility index (Phi) is 5.15. The molecule has 0 aromatic heterocycles. The fourth-order valence-electron chi connectivity index (χ4n) is 1.94. The van der Waals surface area contributed by atoms with Crippen molar-refractivity contribution in [3.8, 4) is 0 Å². The standard InChI is InChI=1S/C13H22O5S/c1-13(2,3)18-12(14)8-10-5-6-11(7-10)9-17-19(4,15)16/h5-6,10-11H,7-9H2,1-4H3. The summed E-state index contributed by atoms with van der Waals surface area (Å²) in [4.78, 5) is 11.7. The van der Waals surface area contributed by atoms with Crippen molar-refractivity contribution >= 4 is 16.1 Å². The van der Waals surface area contributed by atoms with Gasteiger partial charge >= 0.3 is 5.97 Å². The number of carbonyl (C=O) groups excluding carboxylic acids is 1. The van der Waals surface area contributed by atoms with Crippen LogP contribution in [-0.2, 0) is 23.8 Å². The molecule has 1 aliphatic carbocycles. The lowest BCUT2D eigenvalue weighted by Crippen LogP contribution is -2.25. The second-order valence-corrected chi connectivity index (χ2v) is 7.56. The highest BCUT2D eigenvalue weighted by Crippen LogP contribution is 2.27. The Bertz CT molecular complexity index is 444. The van der Waals surface area contributed by atoms with E-state index in [0.717, 1.165) is 12.7 Å². The van der Waals surface area contributed by atoms with E-state index in [0.29, 0.717) is 6.42 Å². The third kappa shape index (κ3) is 7.32. The predicted molar refractivity (Wildman–Crippen MR) is 72.0 cm³/mol. The summed E-state index contributed by atoms with van der Waals surface area (Å²) in [5, 5.41) is 0. The zero-order valence-electron chi connectivity index (χ0n) is 11.9. The maximum Gasteiger partial charge on any atom is 0.306 e. The first-order chi connectivity index (χ1) is 8.55. The van der Waals surface area contributed by atoms with Gasteiger partial charge in [0.05, 0.1) is 19.3 Å². The molecule has 0 saturated carbocycles. The molecule has 0 radical (unpaired) electrons. The molecule has 0 aliphatic heterocycles. The summed E-state index contributed by atoms with van der Waals surface area (Å²) in [6, 6.07) is 0. The Morgan fingerprint density at radius 1 is 1.26 bits per heavy atom. The average Bonchev–Trinajstić information content (AvgIpc) is 2.58. The van der Waals surface area contributed by atoms with Gasteiger partial charge in [-0.05, 0) is 33.1 Å². The molecule has 0 amide bonds. The number of rotatable bonds is 5. The van der Waals surface area contributed by atoms with Gasteiger partial charge in [-0.15, -0.1) is 0 Å². The molecule has 5 nitrogen and oxygen atoms in total. The van der Waals surface area contributed by atoms with Gasteiger partial charge in [-0.25, -0.2) is 0 Å². The van der Waals surface area contributed by atoms with Crippen LogP contribution in [0.15, 0.2) is 12.2 Å². The summed E-state index contributed by atoms with van der Waals surface area (Å²) in [6.45, 7) is 5.63. The molecule has 6 heteroatoms. The molecule has 1 rings (SSSR count). The topological polar surface area (TPSA) is 69.7 Å². The Hall–Kier alpha value is -0.880. The number of esters is 1. The van der Waals surface area contributed by atoms with Gasteiger partial charge in [-0.1, -0.05) is 12.2 Å². The Morgan fingerprint density at radius 3 is 2.37 bits per heavy atom. The zero-order valence-corrected chi connectivity index (χ0v) is 12.7. The van der Waals surface area contributed by atoms with Crippen molar-refractivity contribution in [2.45, 2.75) is 39.2 Å². The highest BCUT2D eigenvalue weighted by molar-refractivity contribution is 7.85. The van der Waals surface area contributed by atoms with E-state index in [1.54, 1.807) is 0 Å². The lowest BCUT2D eigenvalue weighted by atomic mass is 10.0. The molecule has 0 bridgehead atoms. The quantitative estimate of drug-likeness (QED) is 0.439. The first-order valence-corrected chi connectivity index (χ1v) is 8.11. The van der Waals surface area contributed by atoms with Crippen LogP contribution in [0.1, 0.15) is 33.6 Å². The predicted octanol–water partition coefficient (Wildman–Crippen LogP) is 1.89. The van der Waals surface area contributed by atoms with Crippen molar-refractivity contribution in [1.82, 2.24) is 0 Å². The van der Waals surface area contributed by atoms with E-state index < -0.39 is 15.7 Å². The van der Waals surface area contributed by atoms with Crippen LogP contribution in [0.2, 0.25) is 0 Å². The van der Waals surface area contributed by atoms with Gasteiger partial charge in [-0.3, -0.25) is 8.98 Å². The molecule has 2 atom stereocenters. The second kappa shape index (κ2) is 6.05. The summed E-state index contributed by atoms with van der Waals surface area (Å²) in [6.07, 6.45) is 5.90. The molecular formula is C13H22O5S. The molecule has 19 heavy (non-hydrogen) atoms. The largest absolute Gasteiger partial charge is 0.460 e. The van der Waals surface area contributed by atoms with Crippen LogP contribution in [0.25, 0.3) is 0 Å². The van der Waals surface area contributed by atoms with E-state index in [1.807, 2.05) is 32.9 Å². The number of hydrogen-bond donors (Lipinski definition) is 0. The minimum Gasteiger partial charge on any atom is -0.460 e. The van der Waals surface area contributed by atoms with E-state index in [-0.39, 0.29) is 24.4 Å². The highest BCUT2D eigenvalue weighted by Gasteiger charge is 2.25. The van der Waals surface area contributed by atoms with E-state index in [1.165, 1.54) is 0 Å². The summed E-state index contributed by atoms with van der Waals surface area (Å²) < 4.78 is 31.8. The van der Waals surface area contributed by atoms with E-state index in [4.69, 9.17) is 8.92 Å². The normalized spacial score (nSPS) is 23.6. The lowest BCUT2D eigenvalue weighted by Gasteiger charge is -2.20. The fourth-order valence-corrected chi connectivity index (χ4v) is 2.37. The zero-order chi connectivity index (χ0) is 14.7. The SMILES string of the molecule is CC(C)(C)OC(=O)CC1C=CC(COS(C)(=O)=O)C1. The number of hydrogen-bond acceptors (Lipinski definition) is 5. The Labute approximate surface area is 115 Å². The summed E-state index contributed by atoms with van der Waals surface area (Å²) in [5.74, 6) is -0.0861. The van der Waals surface area contributed by atoms with Crippen LogP contribution in [0.3, 0.4) is 0 Å². The van der Waals surface area contributed by atoms with Crippen LogP contribution in [0, 0.1) is 11.8 Å². The maximum absolute atomic E-state index is 11.7. The summed E-state index contributed by atoms with van der Waals surface area (Å²) in [5.41, 5.74) is -0.474. The Balaban J connectivity index is 2.34. The van der Waals surface area contributed by atoms with Crippen LogP contribution >= 0.6 is 0 Å². The molecule has 1 aliphatic rings. The van der Waals surface area contributed by atoms with E-state index in [9.17, 15) is 13.2 Å². The van der Waals surface area contributed by atoms with Gasteiger partial charge in [0.1, 0.15) is 5.60 Å². The third-order valence-electron chi connectivity index (χ3n) is 2.61. The van der Waals surface area contributed by atoms with Crippen LogP contribution in [-0.4, -0.2) is 32.9 Å². The summed E-state index contributed by atoms with van der Waals surface area (Å²) in [7, 11) is -3.40. The lowest BCUT2D eigenvalue weighted by molar-refractivity contribution is -0.155. The molecular weight excluding hydrogens is 268 g/mol. The molecule has 110 valence electrons. The van der Waals surface area contributed by atoms with Crippen molar-refractivity contribution in [2.24, 2.45) is 11.8 Å². The minimum absolute atomic E-state index is 0.0437. The van der Waals surface area contributed by atoms with Crippen molar-refractivity contribution in [1.29, 1.82) is 0 Å².